The second kappa shape index (κ2) is 8.25. The zero-order valence-electron chi connectivity index (χ0n) is 12.7. The van der Waals surface area contributed by atoms with Gasteiger partial charge in [-0.25, -0.2) is 0 Å². The monoisotopic (exact) mass is 312 g/mol. The number of anilines is 1. The van der Waals surface area contributed by atoms with Gasteiger partial charge in [-0.15, -0.1) is 12.4 Å². The van der Waals surface area contributed by atoms with E-state index in [-0.39, 0.29) is 24.4 Å². The number of carbonyl (C=O) groups excluding carboxylic acids is 1. The Labute approximate surface area is 132 Å². The molecule has 118 valence electrons. The van der Waals surface area contributed by atoms with E-state index in [2.05, 4.69) is 5.32 Å². The number of hydrogen-bond acceptors (Lipinski definition) is 3. The van der Waals surface area contributed by atoms with Crippen molar-refractivity contribution in [3.05, 3.63) is 23.8 Å². The zero-order chi connectivity index (χ0) is 14.5. The van der Waals surface area contributed by atoms with E-state index in [0.29, 0.717) is 18.9 Å². The predicted molar refractivity (Wildman–Crippen MR) is 88.2 cm³/mol. The van der Waals surface area contributed by atoms with Crippen LogP contribution in [-0.4, -0.2) is 18.6 Å². The van der Waals surface area contributed by atoms with Crippen LogP contribution in [0.2, 0.25) is 0 Å². The molecule has 1 aromatic rings. The van der Waals surface area contributed by atoms with E-state index >= 15 is 0 Å². The lowest BCUT2D eigenvalue weighted by Crippen LogP contribution is -2.28. The van der Waals surface area contributed by atoms with Crippen molar-refractivity contribution in [3.8, 4) is 5.75 Å². The molecular formula is C16H25ClN2O2. The minimum atomic E-state index is 0. The average Bonchev–Trinajstić information content (AvgIpc) is 2.79. The Bertz CT molecular complexity index is 479. The third kappa shape index (κ3) is 4.90. The Morgan fingerprint density at radius 1 is 1.43 bits per heavy atom. The molecule has 0 saturated heterocycles. The summed E-state index contributed by atoms with van der Waals surface area (Å²) in [5.41, 5.74) is 7.87. The number of nitrogens with two attached hydrogens (primary N) is 1. The van der Waals surface area contributed by atoms with Crippen LogP contribution in [0.25, 0.3) is 0 Å². The number of amides is 1. The first-order chi connectivity index (χ1) is 9.60. The van der Waals surface area contributed by atoms with E-state index in [1.165, 1.54) is 0 Å². The van der Waals surface area contributed by atoms with Crippen LogP contribution in [0.5, 0.6) is 5.75 Å². The standard InChI is InChI=1S/C16H24N2O2.ClH/c1-3-20-13-7-8-15(11(2)9-13)18-16(19)10-12-5-4-6-14(12)17;/h7-9,12,14H,3-6,10,17H2,1-2H3,(H,18,19);1H/t12-,14+;/m0./s1. The third-order valence-electron chi connectivity index (χ3n) is 3.95. The normalized spacial score (nSPS) is 20.7. The summed E-state index contributed by atoms with van der Waals surface area (Å²) >= 11 is 0. The summed E-state index contributed by atoms with van der Waals surface area (Å²) < 4.78 is 5.44. The number of aryl methyl sites for hydroxylation is 1. The number of nitrogens with one attached hydrogen (secondary N) is 1. The van der Waals surface area contributed by atoms with Crippen molar-refractivity contribution in [1.29, 1.82) is 0 Å². The Hall–Kier alpha value is -1.26. The average molecular weight is 313 g/mol. The molecule has 1 aliphatic carbocycles. The molecule has 1 aromatic carbocycles. The Morgan fingerprint density at radius 3 is 2.76 bits per heavy atom. The van der Waals surface area contributed by atoms with Crippen molar-refractivity contribution in [2.24, 2.45) is 11.7 Å². The molecule has 0 aromatic heterocycles. The molecule has 5 heteroatoms. The quantitative estimate of drug-likeness (QED) is 0.877. The van der Waals surface area contributed by atoms with Crippen LogP contribution in [0.1, 0.15) is 38.2 Å². The summed E-state index contributed by atoms with van der Waals surface area (Å²) in [6.45, 7) is 4.57. The fourth-order valence-corrected chi connectivity index (χ4v) is 2.79. The highest BCUT2D eigenvalue weighted by Crippen LogP contribution is 2.28. The minimum Gasteiger partial charge on any atom is -0.494 e. The van der Waals surface area contributed by atoms with Gasteiger partial charge in [-0.3, -0.25) is 4.79 Å². The fourth-order valence-electron chi connectivity index (χ4n) is 2.79. The van der Waals surface area contributed by atoms with Crippen molar-refractivity contribution in [2.75, 3.05) is 11.9 Å². The van der Waals surface area contributed by atoms with Crippen LogP contribution >= 0.6 is 12.4 Å². The lowest BCUT2D eigenvalue weighted by atomic mass is 10.00. The Balaban J connectivity index is 0.00000220. The highest BCUT2D eigenvalue weighted by atomic mass is 35.5. The van der Waals surface area contributed by atoms with Gasteiger partial charge in [-0.05, 0) is 56.4 Å². The van der Waals surface area contributed by atoms with Gasteiger partial charge in [-0.1, -0.05) is 6.42 Å². The summed E-state index contributed by atoms with van der Waals surface area (Å²) in [5.74, 6) is 1.22. The lowest BCUT2D eigenvalue weighted by molar-refractivity contribution is -0.117. The molecule has 1 saturated carbocycles. The van der Waals surface area contributed by atoms with Crippen molar-refractivity contribution < 1.29 is 9.53 Å². The molecule has 21 heavy (non-hydrogen) atoms. The fraction of sp³-hybridized carbons (Fsp3) is 0.562. The molecule has 0 spiro atoms. The maximum absolute atomic E-state index is 12.1. The molecule has 1 aliphatic rings. The zero-order valence-corrected chi connectivity index (χ0v) is 13.5. The molecule has 4 nitrogen and oxygen atoms in total. The van der Waals surface area contributed by atoms with Gasteiger partial charge in [0.1, 0.15) is 5.75 Å². The number of halogens is 1. The minimum absolute atomic E-state index is 0. The number of carbonyl (C=O) groups is 1. The molecule has 3 N–H and O–H groups in total. The van der Waals surface area contributed by atoms with Crippen molar-refractivity contribution in [3.63, 3.8) is 0 Å². The number of benzene rings is 1. The summed E-state index contributed by atoms with van der Waals surface area (Å²) in [6.07, 6.45) is 3.77. The van der Waals surface area contributed by atoms with Crippen LogP contribution in [0.15, 0.2) is 18.2 Å². The molecule has 1 fully saturated rings. The first kappa shape index (κ1) is 17.8. The van der Waals surface area contributed by atoms with Crippen molar-refractivity contribution in [2.45, 2.75) is 45.6 Å². The van der Waals surface area contributed by atoms with E-state index in [9.17, 15) is 4.79 Å². The molecule has 0 bridgehead atoms. The second-order valence-corrected chi connectivity index (χ2v) is 5.52. The van der Waals surface area contributed by atoms with Gasteiger partial charge in [0.15, 0.2) is 0 Å². The number of ether oxygens (including phenoxy) is 1. The topological polar surface area (TPSA) is 64.3 Å². The van der Waals surface area contributed by atoms with Gasteiger partial charge in [0.25, 0.3) is 0 Å². The summed E-state index contributed by atoms with van der Waals surface area (Å²) in [6, 6.07) is 5.91. The van der Waals surface area contributed by atoms with Crippen LogP contribution < -0.4 is 15.8 Å². The Morgan fingerprint density at radius 2 is 2.19 bits per heavy atom. The van der Waals surface area contributed by atoms with Gasteiger partial charge in [0.05, 0.1) is 6.61 Å². The smallest absolute Gasteiger partial charge is 0.224 e. The molecule has 1 amide bonds. The van der Waals surface area contributed by atoms with Gasteiger partial charge in [-0.2, -0.15) is 0 Å². The Kier molecular flexibility index (Phi) is 6.99. The molecule has 2 atom stereocenters. The van der Waals surface area contributed by atoms with Crippen LogP contribution in [-0.2, 0) is 4.79 Å². The van der Waals surface area contributed by atoms with Gasteiger partial charge in [0, 0.05) is 18.2 Å². The van der Waals surface area contributed by atoms with Gasteiger partial charge >= 0.3 is 0 Å². The van der Waals surface area contributed by atoms with E-state index in [1.54, 1.807) is 0 Å². The summed E-state index contributed by atoms with van der Waals surface area (Å²) in [7, 11) is 0. The van der Waals surface area contributed by atoms with E-state index in [4.69, 9.17) is 10.5 Å². The van der Waals surface area contributed by atoms with Crippen LogP contribution in [0.4, 0.5) is 5.69 Å². The van der Waals surface area contributed by atoms with Crippen molar-refractivity contribution >= 4 is 24.0 Å². The summed E-state index contributed by atoms with van der Waals surface area (Å²) in [5, 5.41) is 2.98. The molecule has 0 aliphatic heterocycles. The molecule has 0 heterocycles. The van der Waals surface area contributed by atoms with Gasteiger partial charge in [0.2, 0.25) is 5.91 Å². The van der Waals surface area contributed by atoms with E-state index < -0.39 is 0 Å². The molecule has 2 rings (SSSR count). The van der Waals surface area contributed by atoms with E-state index in [0.717, 1.165) is 36.3 Å². The van der Waals surface area contributed by atoms with Gasteiger partial charge < -0.3 is 15.8 Å². The predicted octanol–water partition coefficient (Wildman–Crippen LogP) is 3.27. The number of rotatable bonds is 5. The first-order valence-corrected chi connectivity index (χ1v) is 7.39. The van der Waals surface area contributed by atoms with Crippen molar-refractivity contribution in [1.82, 2.24) is 0 Å². The molecular weight excluding hydrogens is 288 g/mol. The highest BCUT2D eigenvalue weighted by molar-refractivity contribution is 5.91. The number of hydrogen-bond donors (Lipinski definition) is 2. The maximum Gasteiger partial charge on any atom is 0.224 e. The SMILES string of the molecule is CCOc1ccc(NC(=O)C[C@@H]2CCC[C@H]2N)c(C)c1.Cl. The maximum atomic E-state index is 12.1. The first-order valence-electron chi connectivity index (χ1n) is 7.39. The highest BCUT2D eigenvalue weighted by Gasteiger charge is 2.26. The lowest BCUT2D eigenvalue weighted by Gasteiger charge is -2.16. The third-order valence-corrected chi connectivity index (χ3v) is 3.95. The second-order valence-electron chi connectivity index (χ2n) is 5.52. The largest absolute Gasteiger partial charge is 0.494 e. The van der Waals surface area contributed by atoms with Crippen LogP contribution in [0.3, 0.4) is 0 Å². The van der Waals surface area contributed by atoms with E-state index in [1.807, 2.05) is 32.0 Å². The molecule has 0 radical (unpaired) electrons. The summed E-state index contributed by atoms with van der Waals surface area (Å²) in [4.78, 5) is 12.1. The molecule has 0 unspecified atom stereocenters. The van der Waals surface area contributed by atoms with Crippen LogP contribution in [0, 0.1) is 12.8 Å².